The van der Waals surface area contributed by atoms with Crippen LogP contribution in [0.2, 0.25) is 0 Å². The van der Waals surface area contributed by atoms with Gasteiger partial charge in [0.25, 0.3) is 0 Å². The first kappa shape index (κ1) is 16.2. The largest absolute Gasteiger partial charge is 0.493 e. The predicted octanol–water partition coefficient (Wildman–Crippen LogP) is 4.51. The summed E-state index contributed by atoms with van der Waals surface area (Å²) in [6.07, 6.45) is 0. The Labute approximate surface area is 152 Å². The third kappa shape index (κ3) is 2.60. The van der Waals surface area contributed by atoms with Crippen LogP contribution in [0, 0.1) is 0 Å². The van der Waals surface area contributed by atoms with Gasteiger partial charge in [0.05, 0.1) is 7.11 Å². The van der Waals surface area contributed by atoms with Crippen molar-refractivity contribution in [2.45, 2.75) is 5.92 Å². The van der Waals surface area contributed by atoms with E-state index in [-0.39, 0.29) is 5.97 Å². The van der Waals surface area contributed by atoms with Crippen LogP contribution < -0.4 is 14.4 Å². The molecule has 0 atom stereocenters. The van der Waals surface area contributed by atoms with Gasteiger partial charge in [-0.05, 0) is 35.4 Å². The molecule has 1 aliphatic heterocycles. The molecule has 0 aliphatic carbocycles. The van der Waals surface area contributed by atoms with Crippen molar-refractivity contribution in [2.24, 2.45) is 0 Å². The minimum Gasteiger partial charge on any atom is -0.493 e. The number of para-hydroxylation sites is 4. The molecule has 0 N–H and O–H groups in total. The fourth-order valence-electron chi connectivity index (χ4n) is 3.50. The summed E-state index contributed by atoms with van der Waals surface area (Å²) >= 11 is 0. The van der Waals surface area contributed by atoms with Crippen LogP contribution in [0.5, 0.6) is 11.5 Å². The van der Waals surface area contributed by atoms with E-state index < -0.39 is 5.92 Å². The Morgan fingerprint density at radius 1 is 0.808 bits per heavy atom. The van der Waals surface area contributed by atoms with Gasteiger partial charge in [-0.1, -0.05) is 48.5 Å². The number of hydrogen-bond donors (Lipinski definition) is 0. The maximum absolute atomic E-state index is 13.2. The molecule has 0 bridgehead atoms. The normalized spacial score (nSPS) is 12.9. The molecule has 1 aliphatic rings. The molecule has 4 heteroatoms. The molecule has 4 rings (SSSR count). The third-order valence-corrected chi connectivity index (χ3v) is 4.73. The Hall–Kier alpha value is -3.27. The molecule has 3 aromatic carbocycles. The van der Waals surface area contributed by atoms with Gasteiger partial charge < -0.3 is 14.4 Å². The number of carbonyl (C=O) groups excluding carboxylic acids is 1. The minimum atomic E-state index is -0.483. The topological polar surface area (TPSA) is 38.8 Å². The summed E-state index contributed by atoms with van der Waals surface area (Å²) in [6, 6.07) is 23.0. The Bertz CT molecular complexity index is 919. The molecular weight excluding hydrogens is 326 g/mol. The van der Waals surface area contributed by atoms with Gasteiger partial charge in [0.2, 0.25) is 0 Å². The van der Waals surface area contributed by atoms with Crippen LogP contribution in [0.15, 0.2) is 72.8 Å². The molecule has 130 valence electrons. The van der Waals surface area contributed by atoms with Crippen LogP contribution in [0.25, 0.3) is 0 Å². The zero-order chi connectivity index (χ0) is 18.1. The highest BCUT2D eigenvalue weighted by atomic mass is 16.6. The van der Waals surface area contributed by atoms with Crippen molar-refractivity contribution in [3.05, 3.63) is 83.9 Å². The van der Waals surface area contributed by atoms with Gasteiger partial charge in [-0.25, -0.2) is 0 Å². The van der Waals surface area contributed by atoms with Crippen molar-refractivity contribution >= 4 is 17.3 Å². The van der Waals surface area contributed by atoms with E-state index in [4.69, 9.17) is 9.47 Å². The lowest BCUT2D eigenvalue weighted by Gasteiger charge is -2.34. The second-order valence-corrected chi connectivity index (χ2v) is 6.18. The molecule has 4 nitrogen and oxygen atoms in total. The van der Waals surface area contributed by atoms with Crippen LogP contribution in [0.3, 0.4) is 0 Å². The van der Waals surface area contributed by atoms with Gasteiger partial charge in [0.15, 0.2) is 11.5 Å². The summed E-state index contributed by atoms with van der Waals surface area (Å²) < 4.78 is 11.0. The van der Waals surface area contributed by atoms with Crippen molar-refractivity contribution in [1.82, 2.24) is 0 Å². The van der Waals surface area contributed by atoms with Gasteiger partial charge >= 0.3 is 5.97 Å². The summed E-state index contributed by atoms with van der Waals surface area (Å²) in [5.74, 6) is 0.162. The second-order valence-electron chi connectivity index (χ2n) is 6.18. The fourth-order valence-corrected chi connectivity index (χ4v) is 3.50. The van der Waals surface area contributed by atoms with Gasteiger partial charge in [-0.3, -0.25) is 4.79 Å². The van der Waals surface area contributed by atoms with Crippen LogP contribution in [0.1, 0.15) is 17.0 Å². The smallest absolute Gasteiger partial charge is 0.323 e. The second kappa shape index (κ2) is 6.56. The van der Waals surface area contributed by atoms with E-state index in [1.54, 1.807) is 19.2 Å². The Morgan fingerprint density at radius 2 is 1.31 bits per heavy atom. The number of esters is 1. The zero-order valence-electron chi connectivity index (χ0n) is 14.7. The van der Waals surface area contributed by atoms with E-state index in [0.717, 1.165) is 22.5 Å². The molecule has 0 aromatic heterocycles. The van der Waals surface area contributed by atoms with E-state index in [0.29, 0.717) is 11.5 Å². The fraction of sp³-hybridized carbons (Fsp3) is 0.136. The lowest BCUT2D eigenvalue weighted by Crippen LogP contribution is -2.28. The first-order valence-electron chi connectivity index (χ1n) is 8.47. The molecular formula is C22H19NO3. The van der Waals surface area contributed by atoms with Crippen LogP contribution in [-0.2, 0) is 4.79 Å². The minimum absolute atomic E-state index is 0.317. The highest BCUT2D eigenvalue weighted by Crippen LogP contribution is 2.45. The standard InChI is InChI=1S/C22H19NO3/c1-23-17-11-5-3-9-15(17)21(16-10-4-6-12-18(16)23)22(24)26-20-14-8-7-13-19(20)25-2/h3-14,21H,1-2H3. The number of hydrogen-bond acceptors (Lipinski definition) is 4. The van der Waals surface area contributed by atoms with Gasteiger partial charge in [-0.15, -0.1) is 0 Å². The first-order valence-corrected chi connectivity index (χ1v) is 8.47. The lowest BCUT2D eigenvalue weighted by molar-refractivity contribution is -0.135. The molecule has 0 unspecified atom stereocenters. The maximum atomic E-state index is 13.2. The summed E-state index contributed by atoms with van der Waals surface area (Å²) in [5, 5.41) is 0. The van der Waals surface area contributed by atoms with E-state index in [1.165, 1.54) is 0 Å². The van der Waals surface area contributed by atoms with Crippen molar-refractivity contribution in [3.63, 3.8) is 0 Å². The Kier molecular flexibility index (Phi) is 4.09. The summed E-state index contributed by atoms with van der Waals surface area (Å²) in [5.41, 5.74) is 3.89. The van der Waals surface area contributed by atoms with Crippen molar-refractivity contribution in [3.8, 4) is 11.5 Å². The van der Waals surface area contributed by atoms with Crippen LogP contribution in [-0.4, -0.2) is 20.1 Å². The molecule has 0 amide bonds. The quantitative estimate of drug-likeness (QED) is 0.517. The number of rotatable bonds is 3. The van der Waals surface area contributed by atoms with E-state index in [1.807, 2.05) is 67.7 Å². The number of methoxy groups -OCH3 is 1. The molecule has 0 radical (unpaired) electrons. The van der Waals surface area contributed by atoms with E-state index >= 15 is 0 Å². The number of anilines is 2. The maximum Gasteiger partial charge on any atom is 0.323 e. The number of benzene rings is 3. The average molecular weight is 345 g/mol. The molecule has 0 saturated heterocycles. The highest BCUT2D eigenvalue weighted by Gasteiger charge is 2.34. The summed E-state index contributed by atoms with van der Waals surface area (Å²) in [6.45, 7) is 0. The number of carbonyl (C=O) groups is 1. The Balaban J connectivity index is 1.79. The third-order valence-electron chi connectivity index (χ3n) is 4.73. The summed E-state index contributed by atoms with van der Waals surface area (Å²) in [7, 11) is 3.58. The molecule has 26 heavy (non-hydrogen) atoms. The SMILES string of the molecule is COc1ccccc1OC(=O)C1c2ccccc2N(C)c2ccccc21. The van der Waals surface area contributed by atoms with E-state index in [2.05, 4.69) is 4.90 Å². The number of ether oxygens (including phenoxy) is 2. The lowest BCUT2D eigenvalue weighted by atomic mass is 9.85. The summed E-state index contributed by atoms with van der Waals surface area (Å²) in [4.78, 5) is 15.3. The average Bonchev–Trinajstić information content (AvgIpc) is 2.69. The molecule has 0 spiro atoms. The van der Waals surface area contributed by atoms with Gasteiger partial charge in [0.1, 0.15) is 5.92 Å². The van der Waals surface area contributed by atoms with Crippen LogP contribution >= 0.6 is 0 Å². The van der Waals surface area contributed by atoms with Gasteiger partial charge in [0, 0.05) is 18.4 Å². The predicted molar refractivity (Wildman–Crippen MR) is 101 cm³/mol. The van der Waals surface area contributed by atoms with Crippen molar-refractivity contribution < 1.29 is 14.3 Å². The Morgan fingerprint density at radius 3 is 1.88 bits per heavy atom. The van der Waals surface area contributed by atoms with Crippen molar-refractivity contribution in [2.75, 3.05) is 19.1 Å². The monoisotopic (exact) mass is 345 g/mol. The zero-order valence-corrected chi connectivity index (χ0v) is 14.7. The van der Waals surface area contributed by atoms with Gasteiger partial charge in [-0.2, -0.15) is 0 Å². The number of fused-ring (bicyclic) bond motifs is 2. The molecule has 3 aromatic rings. The van der Waals surface area contributed by atoms with Crippen molar-refractivity contribution in [1.29, 1.82) is 0 Å². The highest BCUT2D eigenvalue weighted by molar-refractivity contribution is 5.92. The van der Waals surface area contributed by atoms with Crippen LogP contribution in [0.4, 0.5) is 11.4 Å². The molecule has 0 fully saturated rings. The number of nitrogens with zero attached hydrogens (tertiary/aromatic N) is 1. The van der Waals surface area contributed by atoms with E-state index in [9.17, 15) is 4.79 Å². The molecule has 0 saturated carbocycles. The first-order chi connectivity index (χ1) is 12.7. The molecule has 1 heterocycles.